The van der Waals surface area contributed by atoms with Crippen LogP contribution in [0, 0.1) is 9.52 Å². The fourth-order valence-electron chi connectivity index (χ4n) is 0.745. The lowest BCUT2D eigenvalue weighted by molar-refractivity contribution is 0.343. The summed E-state index contributed by atoms with van der Waals surface area (Å²) in [5.74, 6) is -0.508. The average molecular weight is 279 g/mol. The van der Waals surface area contributed by atoms with Gasteiger partial charge in [-0.1, -0.05) is 12.2 Å². The van der Waals surface area contributed by atoms with Gasteiger partial charge in [-0.2, -0.15) is 4.39 Å². The highest BCUT2D eigenvalue weighted by atomic mass is 127. The number of aromatic nitrogens is 1. The van der Waals surface area contributed by atoms with Gasteiger partial charge >= 0.3 is 0 Å². The zero-order valence-electron chi connectivity index (χ0n) is 6.17. The smallest absolute Gasteiger partial charge is 0.221 e. The summed E-state index contributed by atoms with van der Waals surface area (Å²) in [6, 6.07) is 1.71. The van der Waals surface area contributed by atoms with Gasteiger partial charge in [0.05, 0.1) is 6.61 Å². The summed E-state index contributed by atoms with van der Waals surface area (Å²) >= 11 is 2.01. The number of rotatable bonds is 2. The van der Waals surface area contributed by atoms with Crippen LogP contribution in [0.3, 0.4) is 0 Å². The first kappa shape index (κ1) is 9.60. The van der Waals surface area contributed by atoms with Gasteiger partial charge in [0, 0.05) is 15.3 Å². The molecule has 0 spiro atoms. The van der Waals surface area contributed by atoms with Gasteiger partial charge in [-0.3, -0.25) is 0 Å². The predicted molar refractivity (Wildman–Crippen MR) is 53.0 cm³/mol. The van der Waals surface area contributed by atoms with Crippen LogP contribution in [-0.2, 0) is 0 Å². The molecule has 0 aliphatic heterocycles. The van der Waals surface area contributed by atoms with E-state index in [2.05, 4.69) is 4.98 Å². The second kappa shape index (κ2) is 4.51. The molecule has 0 radical (unpaired) electrons. The van der Waals surface area contributed by atoms with Crippen LogP contribution >= 0.6 is 22.6 Å². The van der Waals surface area contributed by atoms with Crippen LogP contribution in [0.4, 0.5) is 4.39 Å². The van der Waals surface area contributed by atoms with Crippen molar-refractivity contribution in [2.45, 2.75) is 0 Å². The molecule has 1 N–H and O–H groups in total. The zero-order chi connectivity index (χ0) is 8.97. The van der Waals surface area contributed by atoms with E-state index in [1.54, 1.807) is 6.07 Å². The third-order valence-corrected chi connectivity index (χ3v) is 2.22. The SMILES string of the molecule is OCC=Cc1c(I)ccnc1F. The minimum absolute atomic E-state index is 0.0928. The molecular weight excluding hydrogens is 272 g/mol. The van der Waals surface area contributed by atoms with Crippen LogP contribution in [0.1, 0.15) is 5.56 Å². The first-order valence-electron chi connectivity index (χ1n) is 3.33. The van der Waals surface area contributed by atoms with E-state index in [4.69, 9.17) is 5.11 Å². The second-order valence-electron chi connectivity index (χ2n) is 2.08. The molecule has 1 aromatic heterocycles. The minimum atomic E-state index is -0.508. The molecule has 0 unspecified atom stereocenters. The number of hydrogen-bond donors (Lipinski definition) is 1. The standard InChI is InChI=1S/C8H7FINO/c9-8-6(2-1-5-12)7(10)3-4-11-8/h1-4,12H,5H2. The first-order chi connectivity index (χ1) is 5.75. The van der Waals surface area contributed by atoms with E-state index in [0.29, 0.717) is 5.56 Å². The molecule has 1 heterocycles. The fourth-order valence-corrected chi connectivity index (χ4v) is 1.31. The van der Waals surface area contributed by atoms with E-state index in [0.717, 1.165) is 3.57 Å². The van der Waals surface area contributed by atoms with Gasteiger partial charge in [0.15, 0.2) is 0 Å². The second-order valence-corrected chi connectivity index (χ2v) is 3.24. The lowest BCUT2D eigenvalue weighted by Gasteiger charge is -1.97. The molecule has 0 fully saturated rings. The predicted octanol–water partition coefficient (Wildman–Crippen LogP) is 1.83. The summed E-state index contributed by atoms with van der Waals surface area (Å²) in [4.78, 5) is 3.49. The fraction of sp³-hybridized carbons (Fsp3) is 0.125. The number of nitrogens with zero attached hydrogens (tertiary/aromatic N) is 1. The highest BCUT2D eigenvalue weighted by Crippen LogP contribution is 2.14. The Morgan fingerprint density at radius 3 is 3.00 bits per heavy atom. The van der Waals surface area contributed by atoms with Gasteiger partial charge in [0.1, 0.15) is 0 Å². The third-order valence-electron chi connectivity index (χ3n) is 1.28. The molecule has 1 rings (SSSR count). The summed E-state index contributed by atoms with van der Waals surface area (Å²) < 4.78 is 13.7. The molecule has 4 heteroatoms. The number of halogens is 2. The first-order valence-corrected chi connectivity index (χ1v) is 4.41. The van der Waals surface area contributed by atoms with Crippen molar-refractivity contribution in [2.75, 3.05) is 6.61 Å². The van der Waals surface area contributed by atoms with Gasteiger partial charge in [0.2, 0.25) is 5.95 Å². The summed E-state index contributed by atoms with van der Waals surface area (Å²) in [5, 5.41) is 8.48. The molecule has 0 aliphatic carbocycles. The summed E-state index contributed by atoms with van der Waals surface area (Å²) in [6.07, 6.45) is 4.40. The normalized spacial score (nSPS) is 10.9. The monoisotopic (exact) mass is 279 g/mol. The molecule has 0 bridgehead atoms. The molecule has 0 saturated carbocycles. The molecular formula is C8H7FINO. The van der Waals surface area contributed by atoms with Crippen LogP contribution in [0.25, 0.3) is 6.08 Å². The van der Waals surface area contributed by atoms with Crippen LogP contribution < -0.4 is 0 Å². The molecule has 12 heavy (non-hydrogen) atoms. The van der Waals surface area contributed by atoms with Crippen LogP contribution in [-0.4, -0.2) is 16.7 Å². The topological polar surface area (TPSA) is 33.1 Å². The largest absolute Gasteiger partial charge is 0.392 e. The lowest BCUT2D eigenvalue weighted by atomic mass is 10.2. The minimum Gasteiger partial charge on any atom is -0.392 e. The number of hydrogen-bond acceptors (Lipinski definition) is 2. The van der Waals surface area contributed by atoms with E-state index >= 15 is 0 Å². The Labute approximate surface area is 83.3 Å². The molecule has 0 atom stereocenters. The molecule has 1 aromatic rings. The van der Waals surface area contributed by atoms with Crippen molar-refractivity contribution in [1.82, 2.24) is 4.98 Å². The van der Waals surface area contributed by atoms with Crippen molar-refractivity contribution in [3.63, 3.8) is 0 Å². The van der Waals surface area contributed by atoms with E-state index < -0.39 is 5.95 Å². The average Bonchev–Trinajstić information content (AvgIpc) is 2.04. The van der Waals surface area contributed by atoms with Gasteiger partial charge < -0.3 is 5.11 Å². The van der Waals surface area contributed by atoms with Crippen LogP contribution in [0.15, 0.2) is 18.3 Å². The molecule has 0 saturated heterocycles. The van der Waals surface area contributed by atoms with Crippen molar-refractivity contribution < 1.29 is 9.50 Å². The molecule has 0 aromatic carbocycles. The van der Waals surface area contributed by atoms with E-state index in [1.807, 2.05) is 22.6 Å². The van der Waals surface area contributed by atoms with Crippen molar-refractivity contribution in [3.05, 3.63) is 33.4 Å². The Morgan fingerprint density at radius 1 is 1.67 bits per heavy atom. The maximum atomic E-state index is 12.9. The van der Waals surface area contributed by atoms with Crippen molar-refractivity contribution in [1.29, 1.82) is 0 Å². The Balaban J connectivity index is 3.04. The summed E-state index contributed by atoms with van der Waals surface area (Å²) in [7, 11) is 0. The maximum Gasteiger partial charge on any atom is 0.221 e. The molecule has 0 aliphatic rings. The Kier molecular flexibility index (Phi) is 3.61. The number of aliphatic hydroxyl groups excluding tert-OH is 1. The number of pyridine rings is 1. The Hall–Kier alpha value is -0.490. The van der Waals surface area contributed by atoms with Gasteiger partial charge in [0.25, 0.3) is 0 Å². The molecule has 64 valence electrons. The summed E-state index contributed by atoms with van der Waals surface area (Å²) in [6.45, 7) is -0.0928. The maximum absolute atomic E-state index is 12.9. The quantitative estimate of drug-likeness (QED) is 0.662. The van der Waals surface area contributed by atoms with Crippen molar-refractivity contribution >= 4 is 28.7 Å². The third kappa shape index (κ3) is 2.25. The highest BCUT2D eigenvalue weighted by molar-refractivity contribution is 14.1. The lowest BCUT2D eigenvalue weighted by Crippen LogP contribution is -1.90. The molecule has 0 amide bonds. The Morgan fingerprint density at radius 2 is 2.42 bits per heavy atom. The van der Waals surface area contributed by atoms with E-state index in [1.165, 1.54) is 18.3 Å². The van der Waals surface area contributed by atoms with E-state index in [9.17, 15) is 4.39 Å². The van der Waals surface area contributed by atoms with Crippen molar-refractivity contribution in [3.8, 4) is 0 Å². The molecule has 2 nitrogen and oxygen atoms in total. The van der Waals surface area contributed by atoms with Crippen LogP contribution in [0.2, 0.25) is 0 Å². The highest BCUT2D eigenvalue weighted by Gasteiger charge is 2.02. The van der Waals surface area contributed by atoms with Gasteiger partial charge in [-0.15, -0.1) is 0 Å². The van der Waals surface area contributed by atoms with E-state index in [-0.39, 0.29) is 6.61 Å². The van der Waals surface area contributed by atoms with Crippen LogP contribution in [0.5, 0.6) is 0 Å². The van der Waals surface area contributed by atoms with Crippen molar-refractivity contribution in [2.24, 2.45) is 0 Å². The number of aliphatic hydroxyl groups is 1. The zero-order valence-corrected chi connectivity index (χ0v) is 8.32. The summed E-state index contributed by atoms with van der Waals surface area (Å²) in [5.41, 5.74) is 0.423. The van der Waals surface area contributed by atoms with Gasteiger partial charge in [-0.25, -0.2) is 4.98 Å². The Bertz CT molecular complexity index is 281. The van der Waals surface area contributed by atoms with Gasteiger partial charge in [-0.05, 0) is 28.7 Å².